The summed E-state index contributed by atoms with van der Waals surface area (Å²) in [5.41, 5.74) is 1.97. The first-order chi connectivity index (χ1) is 13.0. The summed E-state index contributed by atoms with van der Waals surface area (Å²) < 4.78 is 0. The molecule has 1 aliphatic heterocycles. The monoisotopic (exact) mass is 385 g/mol. The van der Waals surface area contributed by atoms with Gasteiger partial charge in [0.15, 0.2) is 5.16 Å². The van der Waals surface area contributed by atoms with E-state index in [1.807, 2.05) is 24.8 Å². The van der Waals surface area contributed by atoms with Crippen molar-refractivity contribution in [1.29, 1.82) is 0 Å². The number of aromatic nitrogens is 2. The number of benzene rings is 1. The van der Waals surface area contributed by atoms with Crippen LogP contribution in [-0.4, -0.2) is 39.6 Å². The predicted octanol–water partition coefficient (Wildman–Crippen LogP) is 3.47. The molecule has 5 nitrogen and oxygen atoms in total. The quantitative estimate of drug-likeness (QED) is 0.611. The molecule has 0 aliphatic carbocycles. The third-order valence-electron chi connectivity index (χ3n) is 5.00. The van der Waals surface area contributed by atoms with Gasteiger partial charge in [-0.05, 0) is 36.7 Å². The molecule has 0 spiro atoms. The van der Waals surface area contributed by atoms with Crippen LogP contribution in [0.25, 0.3) is 0 Å². The van der Waals surface area contributed by atoms with Gasteiger partial charge in [-0.25, -0.2) is 4.98 Å². The van der Waals surface area contributed by atoms with E-state index in [-0.39, 0.29) is 17.4 Å². The zero-order valence-electron chi connectivity index (χ0n) is 16.0. The molecule has 3 rings (SSSR count). The van der Waals surface area contributed by atoms with E-state index in [9.17, 15) is 9.59 Å². The van der Waals surface area contributed by atoms with Crippen molar-refractivity contribution in [2.75, 3.05) is 18.8 Å². The van der Waals surface area contributed by atoms with E-state index < -0.39 is 0 Å². The van der Waals surface area contributed by atoms with Crippen LogP contribution >= 0.6 is 11.8 Å². The largest absolute Gasteiger partial charge is 0.342 e. The van der Waals surface area contributed by atoms with Crippen molar-refractivity contribution >= 4 is 17.7 Å². The second kappa shape index (κ2) is 9.22. The number of hydrogen-bond acceptors (Lipinski definition) is 4. The molecule has 0 saturated carbocycles. The minimum absolute atomic E-state index is 0.121. The summed E-state index contributed by atoms with van der Waals surface area (Å²) >= 11 is 1.31. The number of nitrogens with zero attached hydrogens (tertiary/aromatic N) is 2. The number of nitrogens with one attached hydrogen (secondary N) is 1. The van der Waals surface area contributed by atoms with Crippen molar-refractivity contribution in [3.8, 4) is 0 Å². The fourth-order valence-corrected chi connectivity index (χ4v) is 4.16. The summed E-state index contributed by atoms with van der Waals surface area (Å²) in [5, 5.41) is 0.526. The van der Waals surface area contributed by atoms with Gasteiger partial charge >= 0.3 is 0 Å². The van der Waals surface area contributed by atoms with Gasteiger partial charge in [-0.15, -0.1) is 0 Å². The van der Waals surface area contributed by atoms with Crippen LogP contribution in [0.3, 0.4) is 0 Å². The molecule has 0 bridgehead atoms. The van der Waals surface area contributed by atoms with Crippen LogP contribution in [0.2, 0.25) is 0 Å². The van der Waals surface area contributed by atoms with Crippen molar-refractivity contribution in [1.82, 2.24) is 14.9 Å². The third-order valence-corrected chi connectivity index (χ3v) is 5.86. The summed E-state index contributed by atoms with van der Waals surface area (Å²) in [6.45, 7) is 5.63. The molecule has 1 saturated heterocycles. The number of piperidine rings is 1. The third kappa shape index (κ3) is 5.70. The van der Waals surface area contributed by atoms with Gasteiger partial charge in [-0.1, -0.05) is 55.9 Å². The first-order valence-electron chi connectivity index (χ1n) is 9.57. The summed E-state index contributed by atoms with van der Waals surface area (Å²) in [4.78, 5) is 33.4. The maximum Gasteiger partial charge on any atom is 0.251 e. The highest BCUT2D eigenvalue weighted by atomic mass is 32.2. The lowest BCUT2D eigenvalue weighted by atomic mass is 9.90. The standard InChI is InChI=1S/C21H27N3O2S/c1-15(2)18-13-19(25)23-21(22-18)27-14-20(26)24-10-8-17(9-11-24)12-16-6-4-3-5-7-16/h3-7,13,15,17H,8-12,14H2,1-2H3,(H,22,23,25). The Morgan fingerprint density at radius 3 is 2.63 bits per heavy atom. The Bertz CT molecular complexity index is 812. The number of amides is 1. The number of rotatable bonds is 6. The van der Waals surface area contributed by atoms with Gasteiger partial charge in [0.25, 0.3) is 5.56 Å². The minimum Gasteiger partial charge on any atom is -0.342 e. The Labute approximate surface area is 164 Å². The van der Waals surface area contributed by atoms with Gasteiger partial charge in [0.05, 0.1) is 11.4 Å². The summed E-state index contributed by atoms with van der Waals surface area (Å²) in [6.07, 6.45) is 3.18. The number of aromatic amines is 1. The number of thioether (sulfide) groups is 1. The Balaban J connectivity index is 1.48. The molecule has 0 atom stereocenters. The second-order valence-corrected chi connectivity index (χ2v) is 8.40. The molecule has 1 aromatic heterocycles. The Morgan fingerprint density at radius 1 is 1.26 bits per heavy atom. The van der Waals surface area contributed by atoms with E-state index in [1.165, 1.54) is 23.4 Å². The first-order valence-corrected chi connectivity index (χ1v) is 10.6. The van der Waals surface area contributed by atoms with Crippen molar-refractivity contribution < 1.29 is 4.79 Å². The van der Waals surface area contributed by atoms with Gasteiger partial charge in [0, 0.05) is 19.2 Å². The predicted molar refractivity (Wildman–Crippen MR) is 109 cm³/mol. The lowest BCUT2D eigenvalue weighted by Gasteiger charge is -2.32. The molecule has 1 aromatic carbocycles. The summed E-state index contributed by atoms with van der Waals surface area (Å²) in [5.74, 6) is 1.26. The number of H-pyrrole nitrogens is 1. The highest BCUT2D eigenvalue weighted by Gasteiger charge is 2.23. The van der Waals surface area contributed by atoms with E-state index in [2.05, 4.69) is 34.2 Å². The molecule has 1 N–H and O–H groups in total. The van der Waals surface area contributed by atoms with Crippen LogP contribution in [0.15, 0.2) is 46.3 Å². The molecule has 144 valence electrons. The molecule has 0 radical (unpaired) electrons. The van der Waals surface area contributed by atoms with E-state index >= 15 is 0 Å². The number of carbonyl (C=O) groups is 1. The first kappa shape index (κ1) is 19.7. The molecule has 1 fully saturated rings. The molecular weight excluding hydrogens is 358 g/mol. The van der Waals surface area contributed by atoms with E-state index in [1.54, 1.807) is 0 Å². The average molecular weight is 386 g/mol. The average Bonchev–Trinajstić information content (AvgIpc) is 2.67. The van der Waals surface area contributed by atoms with Crippen LogP contribution in [0.5, 0.6) is 0 Å². The number of hydrogen-bond donors (Lipinski definition) is 1. The fraction of sp³-hybridized carbons (Fsp3) is 0.476. The van der Waals surface area contributed by atoms with Crippen molar-refractivity contribution in [3.05, 3.63) is 58.0 Å². The van der Waals surface area contributed by atoms with E-state index in [4.69, 9.17) is 0 Å². The summed E-state index contributed by atoms with van der Waals surface area (Å²) in [7, 11) is 0. The Kier molecular flexibility index (Phi) is 6.72. The molecule has 6 heteroatoms. The van der Waals surface area contributed by atoms with E-state index in [0.29, 0.717) is 16.8 Å². The summed E-state index contributed by atoms with van der Waals surface area (Å²) in [6, 6.07) is 12.1. The lowest BCUT2D eigenvalue weighted by Crippen LogP contribution is -2.39. The maximum atomic E-state index is 12.5. The SMILES string of the molecule is CC(C)c1cc(=O)[nH]c(SCC(=O)N2CCC(Cc3ccccc3)CC2)n1. The number of likely N-dealkylation sites (tertiary alicyclic amines) is 1. The van der Waals surface area contributed by atoms with Crippen molar-refractivity contribution in [2.24, 2.45) is 5.92 Å². The van der Waals surface area contributed by atoms with Gasteiger partial charge < -0.3 is 9.88 Å². The fourth-order valence-electron chi connectivity index (χ4n) is 3.37. The van der Waals surface area contributed by atoms with Crippen LogP contribution in [0, 0.1) is 5.92 Å². The van der Waals surface area contributed by atoms with Gasteiger partial charge in [-0.3, -0.25) is 9.59 Å². The molecule has 0 unspecified atom stereocenters. The van der Waals surface area contributed by atoms with Gasteiger partial charge in [0.1, 0.15) is 0 Å². The molecule has 1 aliphatic rings. The lowest BCUT2D eigenvalue weighted by molar-refractivity contribution is -0.129. The van der Waals surface area contributed by atoms with Crippen LogP contribution < -0.4 is 5.56 Å². The van der Waals surface area contributed by atoms with Crippen molar-refractivity contribution in [3.63, 3.8) is 0 Å². The highest BCUT2D eigenvalue weighted by molar-refractivity contribution is 7.99. The normalized spacial score (nSPS) is 15.3. The van der Waals surface area contributed by atoms with Crippen LogP contribution in [0.4, 0.5) is 0 Å². The van der Waals surface area contributed by atoms with Crippen LogP contribution in [-0.2, 0) is 11.2 Å². The molecule has 27 heavy (non-hydrogen) atoms. The smallest absolute Gasteiger partial charge is 0.251 e. The molecule has 1 amide bonds. The van der Waals surface area contributed by atoms with Crippen molar-refractivity contribution in [2.45, 2.75) is 44.2 Å². The zero-order valence-corrected chi connectivity index (χ0v) is 16.8. The molecule has 2 heterocycles. The Hall–Kier alpha value is -2.08. The zero-order chi connectivity index (χ0) is 19.2. The Morgan fingerprint density at radius 2 is 1.96 bits per heavy atom. The second-order valence-electron chi connectivity index (χ2n) is 7.43. The van der Waals surface area contributed by atoms with Crippen LogP contribution in [0.1, 0.15) is 43.9 Å². The van der Waals surface area contributed by atoms with Gasteiger partial charge in [0.2, 0.25) is 5.91 Å². The molecule has 2 aromatic rings. The highest BCUT2D eigenvalue weighted by Crippen LogP contribution is 2.23. The van der Waals surface area contributed by atoms with Gasteiger partial charge in [-0.2, -0.15) is 0 Å². The minimum atomic E-state index is -0.162. The van der Waals surface area contributed by atoms with E-state index in [0.717, 1.165) is 38.0 Å². The number of carbonyl (C=O) groups excluding carboxylic acids is 1. The molecular formula is C21H27N3O2S. The maximum absolute atomic E-state index is 12.5. The topological polar surface area (TPSA) is 66.1 Å².